The van der Waals surface area contributed by atoms with Gasteiger partial charge < -0.3 is 4.74 Å². The van der Waals surface area contributed by atoms with Gasteiger partial charge in [-0.15, -0.1) is 11.8 Å². The van der Waals surface area contributed by atoms with E-state index in [0.29, 0.717) is 10.8 Å². The fourth-order valence-corrected chi connectivity index (χ4v) is 2.77. The van der Waals surface area contributed by atoms with E-state index in [9.17, 15) is 10.1 Å². The SMILES string of the molecule is COc1ccccc1CSc1ncc([N+](=O)[O-])cc1Cl. The van der Waals surface area contributed by atoms with E-state index in [2.05, 4.69) is 4.98 Å². The average molecular weight is 311 g/mol. The van der Waals surface area contributed by atoms with Gasteiger partial charge in [0.2, 0.25) is 0 Å². The lowest BCUT2D eigenvalue weighted by atomic mass is 10.2. The maximum atomic E-state index is 10.6. The number of para-hydroxylation sites is 1. The van der Waals surface area contributed by atoms with Crippen molar-refractivity contribution in [2.75, 3.05) is 7.11 Å². The van der Waals surface area contributed by atoms with E-state index in [0.717, 1.165) is 11.3 Å². The van der Waals surface area contributed by atoms with Gasteiger partial charge in [0.15, 0.2) is 0 Å². The van der Waals surface area contributed by atoms with Crippen LogP contribution in [0.5, 0.6) is 5.75 Å². The van der Waals surface area contributed by atoms with E-state index in [-0.39, 0.29) is 10.7 Å². The molecule has 0 aliphatic rings. The van der Waals surface area contributed by atoms with Crippen LogP contribution in [0.15, 0.2) is 41.6 Å². The molecule has 0 N–H and O–H groups in total. The normalized spacial score (nSPS) is 10.3. The predicted octanol–water partition coefficient (Wildman–Crippen LogP) is 3.94. The van der Waals surface area contributed by atoms with Crippen LogP contribution in [-0.4, -0.2) is 17.0 Å². The number of hydrogen-bond acceptors (Lipinski definition) is 5. The van der Waals surface area contributed by atoms with Gasteiger partial charge in [0, 0.05) is 17.4 Å². The molecular formula is C13H11ClN2O3S. The van der Waals surface area contributed by atoms with Crippen LogP contribution in [0.25, 0.3) is 0 Å². The molecular weight excluding hydrogens is 300 g/mol. The summed E-state index contributed by atoms with van der Waals surface area (Å²) in [4.78, 5) is 14.1. The van der Waals surface area contributed by atoms with Gasteiger partial charge >= 0.3 is 0 Å². The molecule has 0 amide bonds. The number of nitrogens with zero attached hydrogens (tertiary/aromatic N) is 2. The third-order valence-corrected chi connectivity index (χ3v) is 4.01. The van der Waals surface area contributed by atoms with Crippen molar-refractivity contribution >= 4 is 29.1 Å². The summed E-state index contributed by atoms with van der Waals surface area (Å²) in [6.45, 7) is 0. The van der Waals surface area contributed by atoms with Crippen LogP contribution in [0.3, 0.4) is 0 Å². The van der Waals surface area contributed by atoms with Crippen LogP contribution >= 0.6 is 23.4 Å². The number of ether oxygens (including phenoxy) is 1. The maximum absolute atomic E-state index is 10.6. The van der Waals surface area contributed by atoms with Crippen molar-refractivity contribution in [2.45, 2.75) is 10.8 Å². The molecule has 2 rings (SSSR count). The number of nitro groups is 1. The average Bonchev–Trinajstić information content (AvgIpc) is 2.46. The highest BCUT2D eigenvalue weighted by Gasteiger charge is 2.12. The number of hydrogen-bond donors (Lipinski definition) is 0. The topological polar surface area (TPSA) is 65.3 Å². The molecule has 0 saturated carbocycles. The van der Waals surface area contributed by atoms with Crippen molar-refractivity contribution in [1.82, 2.24) is 4.98 Å². The molecule has 0 spiro atoms. The molecule has 0 bridgehead atoms. The quantitative estimate of drug-likeness (QED) is 0.475. The zero-order valence-corrected chi connectivity index (χ0v) is 12.1. The van der Waals surface area contributed by atoms with Crippen molar-refractivity contribution in [3.8, 4) is 5.75 Å². The molecule has 0 saturated heterocycles. The van der Waals surface area contributed by atoms with Gasteiger partial charge in [0.05, 0.1) is 17.1 Å². The van der Waals surface area contributed by atoms with Crippen molar-refractivity contribution in [1.29, 1.82) is 0 Å². The third-order valence-electron chi connectivity index (χ3n) is 2.56. The molecule has 0 radical (unpaired) electrons. The fraction of sp³-hybridized carbons (Fsp3) is 0.154. The Bertz CT molecular complexity index is 637. The standard InChI is InChI=1S/C13H11ClN2O3S/c1-19-12-5-3-2-4-9(12)8-20-13-11(14)6-10(7-15-13)16(17)18/h2-7H,8H2,1H3. The van der Waals surface area contributed by atoms with Gasteiger partial charge in [-0.05, 0) is 6.07 Å². The zero-order chi connectivity index (χ0) is 14.5. The summed E-state index contributed by atoms with van der Waals surface area (Å²) in [6, 6.07) is 8.94. The molecule has 0 aliphatic heterocycles. The highest BCUT2D eigenvalue weighted by atomic mass is 35.5. The maximum Gasteiger partial charge on any atom is 0.289 e. The minimum Gasteiger partial charge on any atom is -0.496 e. The van der Waals surface area contributed by atoms with Gasteiger partial charge in [0.25, 0.3) is 5.69 Å². The third kappa shape index (κ3) is 3.40. The van der Waals surface area contributed by atoms with E-state index >= 15 is 0 Å². The molecule has 2 aromatic rings. The number of rotatable bonds is 5. The number of halogens is 1. The van der Waals surface area contributed by atoms with Crippen molar-refractivity contribution in [3.05, 3.63) is 57.2 Å². The van der Waals surface area contributed by atoms with E-state index < -0.39 is 4.92 Å². The minimum absolute atomic E-state index is 0.114. The monoisotopic (exact) mass is 310 g/mol. The lowest BCUT2D eigenvalue weighted by Gasteiger charge is -2.08. The lowest BCUT2D eigenvalue weighted by molar-refractivity contribution is -0.385. The first-order valence-corrected chi connectivity index (χ1v) is 7.03. The molecule has 5 nitrogen and oxygen atoms in total. The van der Waals surface area contributed by atoms with E-state index in [1.165, 1.54) is 24.0 Å². The number of aromatic nitrogens is 1. The Morgan fingerprint density at radius 1 is 1.45 bits per heavy atom. The van der Waals surface area contributed by atoms with Crippen LogP contribution in [0, 0.1) is 10.1 Å². The summed E-state index contributed by atoms with van der Waals surface area (Å²) in [5.41, 5.74) is 0.896. The molecule has 1 aromatic heterocycles. The molecule has 104 valence electrons. The van der Waals surface area contributed by atoms with Gasteiger partial charge in [0.1, 0.15) is 17.0 Å². The smallest absolute Gasteiger partial charge is 0.289 e. The fourth-order valence-electron chi connectivity index (χ4n) is 1.59. The van der Waals surface area contributed by atoms with Crippen LogP contribution in [0.2, 0.25) is 5.02 Å². The highest BCUT2D eigenvalue weighted by Crippen LogP contribution is 2.32. The van der Waals surface area contributed by atoms with Crippen molar-refractivity contribution < 1.29 is 9.66 Å². The molecule has 1 aromatic carbocycles. The van der Waals surface area contributed by atoms with Gasteiger partial charge in [-0.3, -0.25) is 10.1 Å². The summed E-state index contributed by atoms with van der Waals surface area (Å²) in [7, 11) is 1.61. The summed E-state index contributed by atoms with van der Waals surface area (Å²) in [5.74, 6) is 1.41. The van der Waals surface area contributed by atoms with Crippen LogP contribution in [0.4, 0.5) is 5.69 Å². The number of benzene rings is 1. The Labute approximate surface area is 125 Å². The molecule has 0 fully saturated rings. The summed E-state index contributed by atoms with van der Waals surface area (Å²) in [5, 5.41) is 11.4. The van der Waals surface area contributed by atoms with Gasteiger partial charge in [-0.1, -0.05) is 29.8 Å². The first-order chi connectivity index (χ1) is 9.61. The zero-order valence-electron chi connectivity index (χ0n) is 10.6. The van der Waals surface area contributed by atoms with Gasteiger partial charge in [-0.2, -0.15) is 0 Å². The highest BCUT2D eigenvalue weighted by molar-refractivity contribution is 7.98. The largest absolute Gasteiger partial charge is 0.496 e. The van der Waals surface area contributed by atoms with Crippen LogP contribution in [0.1, 0.15) is 5.56 Å². The van der Waals surface area contributed by atoms with Crippen LogP contribution < -0.4 is 4.74 Å². The Kier molecular flexibility index (Phi) is 4.81. The number of pyridine rings is 1. The Morgan fingerprint density at radius 2 is 2.20 bits per heavy atom. The summed E-state index contributed by atoms with van der Waals surface area (Å²) < 4.78 is 5.26. The number of thioether (sulfide) groups is 1. The van der Waals surface area contributed by atoms with Gasteiger partial charge in [-0.25, -0.2) is 4.98 Å². The Hall–Kier alpha value is -1.79. The second kappa shape index (κ2) is 6.58. The second-order valence-corrected chi connectivity index (χ2v) is 5.21. The first kappa shape index (κ1) is 14.6. The molecule has 7 heteroatoms. The van der Waals surface area contributed by atoms with Crippen molar-refractivity contribution in [3.63, 3.8) is 0 Å². The first-order valence-electron chi connectivity index (χ1n) is 5.66. The minimum atomic E-state index is -0.520. The molecule has 0 atom stereocenters. The van der Waals surface area contributed by atoms with Crippen LogP contribution in [-0.2, 0) is 5.75 Å². The van der Waals surface area contributed by atoms with Crippen molar-refractivity contribution in [2.24, 2.45) is 0 Å². The second-order valence-electron chi connectivity index (χ2n) is 3.84. The van der Waals surface area contributed by atoms with E-state index in [4.69, 9.17) is 16.3 Å². The van der Waals surface area contributed by atoms with E-state index in [1.54, 1.807) is 7.11 Å². The van der Waals surface area contributed by atoms with E-state index in [1.807, 2.05) is 24.3 Å². The Balaban J connectivity index is 2.13. The summed E-state index contributed by atoms with van der Waals surface area (Å²) >= 11 is 7.40. The number of methoxy groups -OCH3 is 1. The molecule has 0 aliphatic carbocycles. The molecule has 1 heterocycles. The lowest BCUT2D eigenvalue weighted by Crippen LogP contribution is -1.92. The molecule has 0 unspecified atom stereocenters. The molecule has 20 heavy (non-hydrogen) atoms. The predicted molar refractivity (Wildman–Crippen MR) is 78.5 cm³/mol. The summed E-state index contributed by atoms with van der Waals surface area (Å²) in [6.07, 6.45) is 1.20. The Morgan fingerprint density at radius 3 is 2.85 bits per heavy atom.